The first kappa shape index (κ1) is 17.9. The summed E-state index contributed by atoms with van der Waals surface area (Å²) in [6, 6.07) is 1.52. The Bertz CT molecular complexity index is 253. The van der Waals surface area contributed by atoms with Crippen molar-refractivity contribution in [2.75, 3.05) is 20.3 Å². The molecule has 0 amide bonds. The van der Waals surface area contributed by atoms with E-state index in [1.54, 1.807) is 7.11 Å². The van der Waals surface area contributed by atoms with E-state index >= 15 is 0 Å². The molecule has 0 radical (unpaired) electrons. The Kier molecular flexibility index (Phi) is 8.08. The quantitative estimate of drug-likeness (QED) is 0.743. The van der Waals surface area contributed by atoms with Gasteiger partial charge in [-0.15, -0.1) is 0 Å². The van der Waals surface area contributed by atoms with Crippen LogP contribution in [0.1, 0.15) is 59.8 Å². The summed E-state index contributed by atoms with van der Waals surface area (Å²) in [7, 11) is 1.79. The Morgan fingerprint density at radius 1 is 1.20 bits per heavy atom. The lowest BCUT2D eigenvalue weighted by molar-refractivity contribution is 0.0350. The summed E-state index contributed by atoms with van der Waals surface area (Å²) < 4.78 is 5.33. The maximum Gasteiger partial charge on any atom is 0.0589 e. The maximum absolute atomic E-state index is 6.48. The molecule has 3 unspecified atom stereocenters. The van der Waals surface area contributed by atoms with Crippen molar-refractivity contribution >= 4 is 0 Å². The fourth-order valence-electron chi connectivity index (χ4n) is 3.76. The van der Waals surface area contributed by atoms with Gasteiger partial charge in [-0.2, -0.15) is 0 Å². The van der Waals surface area contributed by atoms with E-state index in [0.717, 1.165) is 25.0 Å². The van der Waals surface area contributed by atoms with Gasteiger partial charge in [0.1, 0.15) is 0 Å². The fourth-order valence-corrected chi connectivity index (χ4v) is 3.76. The van der Waals surface area contributed by atoms with Gasteiger partial charge >= 0.3 is 0 Å². The molecular formula is C17H36N2O. The molecule has 1 fully saturated rings. The van der Waals surface area contributed by atoms with Crippen molar-refractivity contribution in [3.63, 3.8) is 0 Å². The van der Waals surface area contributed by atoms with E-state index in [-0.39, 0.29) is 0 Å². The standard InChI is InChI=1S/C17H36N2O/c1-6-15(7-2)19(10-11-20-5)17-12-14(13(3)4)8-9-16(17)18/h13-17H,6-12,18H2,1-5H3. The minimum absolute atomic E-state index is 0.336. The molecule has 2 N–H and O–H groups in total. The largest absolute Gasteiger partial charge is 0.383 e. The Morgan fingerprint density at radius 3 is 2.35 bits per heavy atom. The van der Waals surface area contributed by atoms with Crippen LogP contribution in [0.5, 0.6) is 0 Å². The molecule has 1 saturated carbocycles. The Hall–Kier alpha value is -0.120. The van der Waals surface area contributed by atoms with Gasteiger partial charge in [-0.25, -0.2) is 0 Å². The molecule has 0 aromatic carbocycles. The number of hydrogen-bond acceptors (Lipinski definition) is 3. The highest BCUT2D eigenvalue weighted by atomic mass is 16.5. The summed E-state index contributed by atoms with van der Waals surface area (Å²) in [5.74, 6) is 1.61. The first-order chi connectivity index (χ1) is 9.54. The smallest absolute Gasteiger partial charge is 0.0589 e. The lowest BCUT2D eigenvalue weighted by atomic mass is 9.76. The van der Waals surface area contributed by atoms with Crippen molar-refractivity contribution in [1.29, 1.82) is 0 Å². The van der Waals surface area contributed by atoms with Crippen molar-refractivity contribution in [2.45, 2.75) is 77.9 Å². The van der Waals surface area contributed by atoms with Crippen molar-refractivity contribution in [2.24, 2.45) is 17.6 Å². The molecule has 3 heteroatoms. The molecule has 0 saturated heterocycles. The van der Waals surface area contributed by atoms with Gasteiger partial charge in [0.05, 0.1) is 6.61 Å². The summed E-state index contributed by atoms with van der Waals surface area (Å²) in [4.78, 5) is 2.66. The van der Waals surface area contributed by atoms with Gasteiger partial charge in [-0.1, -0.05) is 27.7 Å². The number of methoxy groups -OCH3 is 1. The van der Waals surface area contributed by atoms with Crippen molar-refractivity contribution < 1.29 is 4.74 Å². The summed E-state index contributed by atoms with van der Waals surface area (Å²) in [6.45, 7) is 11.1. The first-order valence-corrected chi connectivity index (χ1v) is 8.55. The SMILES string of the molecule is CCC(CC)N(CCOC)C1CC(C(C)C)CCC1N. The number of nitrogens with zero attached hydrogens (tertiary/aromatic N) is 1. The van der Waals surface area contributed by atoms with Gasteiger partial charge in [-0.3, -0.25) is 4.90 Å². The van der Waals surface area contributed by atoms with E-state index in [1.807, 2.05) is 0 Å². The summed E-state index contributed by atoms with van der Waals surface area (Å²) in [5.41, 5.74) is 6.48. The molecule has 3 nitrogen and oxygen atoms in total. The molecule has 0 spiro atoms. The molecule has 1 aliphatic carbocycles. The van der Waals surface area contributed by atoms with Crippen LogP contribution < -0.4 is 5.73 Å². The predicted octanol–water partition coefficient (Wildman–Crippen LogP) is 3.28. The normalized spacial score (nSPS) is 27.8. The van der Waals surface area contributed by atoms with E-state index in [9.17, 15) is 0 Å². The average molecular weight is 284 g/mol. The van der Waals surface area contributed by atoms with E-state index in [1.165, 1.54) is 32.1 Å². The second kappa shape index (κ2) is 9.01. The molecule has 0 aromatic rings. The Labute approximate surface area is 126 Å². The number of ether oxygens (including phenoxy) is 1. The highest BCUT2D eigenvalue weighted by Gasteiger charge is 2.35. The Balaban J connectivity index is 2.79. The molecule has 20 heavy (non-hydrogen) atoms. The van der Waals surface area contributed by atoms with Crippen molar-refractivity contribution in [3.8, 4) is 0 Å². The lowest BCUT2D eigenvalue weighted by Gasteiger charge is -2.45. The highest BCUT2D eigenvalue weighted by molar-refractivity contribution is 4.92. The van der Waals surface area contributed by atoms with Crippen LogP contribution in [0.2, 0.25) is 0 Å². The van der Waals surface area contributed by atoms with Crippen LogP contribution >= 0.6 is 0 Å². The third-order valence-corrected chi connectivity index (χ3v) is 5.24. The third kappa shape index (κ3) is 4.71. The van der Waals surface area contributed by atoms with E-state index < -0.39 is 0 Å². The molecule has 1 rings (SSSR count). The van der Waals surface area contributed by atoms with Gasteiger partial charge in [0.15, 0.2) is 0 Å². The molecule has 120 valence electrons. The minimum atomic E-state index is 0.336. The van der Waals surface area contributed by atoms with E-state index in [2.05, 4.69) is 32.6 Å². The third-order valence-electron chi connectivity index (χ3n) is 5.24. The van der Waals surface area contributed by atoms with Gasteiger partial charge in [0.25, 0.3) is 0 Å². The molecule has 3 atom stereocenters. The van der Waals surface area contributed by atoms with Crippen LogP contribution in [0.25, 0.3) is 0 Å². The van der Waals surface area contributed by atoms with Crippen LogP contribution in [0.4, 0.5) is 0 Å². The molecule has 0 bridgehead atoms. The number of hydrogen-bond donors (Lipinski definition) is 1. The monoisotopic (exact) mass is 284 g/mol. The summed E-state index contributed by atoms with van der Waals surface area (Å²) >= 11 is 0. The van der Waals surface area contributed by atoms with Gasteiger partial charge in [0.2, 0.25) is 0 Å². The molecule has 0 aliphatic heterocycles. The molecule has 0 aromatic heterocycles. The van der Waals surface area contributed by atoms with Crippen molar-refractivity contribution in [3.05, 3.63) is 0 Å². The average Bonchev–Trinajstić information content (AvgIpc) is 2.44. The van der Waals surface area contributed by atoms with E-state index in [4.69, 9.17) is 10.5 Å². The zero-order chi connectivity index (χ0) is 15.1. The second-order valence-corrected chi connectivity index (χ2v) is 6.75. The fraction of sp³-hybridized carbons (Fsp3) is 1.00. The highest BCUT2D eigenvalue weighted by Crippen LogP contribution is 2.33. The Morgan fingerprint density at radius 2 is 1.85 bits per heavy atom. The summed E-state index contributed by atoms with van der Waals surface area (Å²) in [6.07, 6.45) is 6.15. The summed E-state index contributed by atoms with van der Waals surface area (Å²) in [5, 5.41) is 0. The topological polar surface area (TPSA) is 38.5 Å². The van der Waals surface area contributed by atoms with Gasteiger partial charge < -0.3 is 10.5 Å². The van der Waals surface area contributed by atoms with Crippen molar-refractivity contribution in [1.82, 2.24) is 4.90 Å². The van der Waals surface area contributed by atoms with Gasteiger partial charge in [-0.05, 0) is 43.9 Å². The van der Waals surface area contributed by atoms with Crippen LogP contribution in [0.3, 0.4) is 0 Å². The second-order valence-electron chi connectivity index (χ2n) is 6.75. The van der Waals surface area contributed by atoms with Crippen LogP contribution in [0, 0.1) is 11.8 Å². The predicted molar refractivity (Wildman–Crippen MR) is 86.9 cm³/mol. The van der Waals surface area contributed by atoms with E-state index in [0.29, 0.717) is 18.1 Å². The zero-order valence-electron chi connectivity index (χ0n) is 14.3. The van der Waals surface area contributed by atoms with Crippen LogP contribution in [-0.4, -0.2) is 43.3 Å². The molecule has 0 heterocycles. The zero-order valence-corrected chi connectivity index (χ0v) is 14.3. The number of rotatable bonds is 8. The number of nitrogens with two attached hydrogens (primary N) is 1. The minimum Gasteiger partial charge on any atom is -0.383 e. The molecule has 1 aliphatic rings. The first-order valence-electron chi connectivity index (χ1n) is 8.55. The van der Waals surface area contributed by atoms with Gasteiger partial charge in [0, 0.05) is 31.8 Å². The van der Waals surface area contributed by atoms with Crippen LogP contribution in [0.15, 0.2) is 0 Å². The van der Waals surface area contributed by atoms with Crippen LogP contribution in [-0.2, 0) is 4.74 Å². The maximum atomic E-state index is 6.48. The lowest BCUT2D eigenvalue weighted by Crippen LogP contribution is -2.55. The molecular weight excluding hydrogens is 248 g/mol.